The third-order valence-corrected chi connectivity index (χ3v) is 3.37. The Morgan fingerprint density at radius 2 is 1.67 bits per heavy atom. The van der Waals surface area contributed by atoms with Crippen LogP contribution in [-0.4, -0.2) is 17.3 Å². The molecule has 2 aromatic carbocycles. The van der Waals surface area contributed by atoms with E-state index in [-0.39, 0.29) is 5.56 Å². The number of carbonyl (C=O) groups is 1. The quantitative estimate of drug-likeness (QED) is 0.619. The van der Waals surface area contributed by atoms with E-state index in [9.17, 15) is 4.79 Å². The number of nitrogens with zero attached hydrogens (tertiary/aromatic N) is 1. The molecule has 0 aliphatic heterocycles. The molecule has 0 radical (unpaired) electrons. The normalized spacial score (nSPS) is 10.8. The number of benzene rings is 2. The Morgan fingerprint density at radius 3 is 2.19 bits per heavy atom. The highest BCUT2D eigenvalue weighted by atomic mass is 35.5. The molecule has 2 aromatic rings. The summed E-state index contributed by atoms with van der Waals surface area (Å²) < 4.78 is 0. The van der Waals surface area contributed by atoms with Gasteiger partial charge in [-0.3, -0.25) is 5.43 Å². The molecule has 0 fully saturated rings. The van der Waals surface area contributed by atoms with Crippen molar-refractivity contribution in [1.29, 1.82) is 0 Å². The molecule has 108 valence electrons. The lowest BCUT2D eigenvalue weighted by Crippen LogP contribution is -1.96. The van der Waals surface area contributed by atoms with Gasteiger partial charge in [-0.2, -0.15) is 5.10 Å². The van der Waals surface area contributed by atoms with E-state index in [1.165, 1.54) is 18.3 Å². The van der Waals surface area contributed by atoms with Gasteiger partial charge in [0, 0.05) is 5.02 Å². The minimum atomic E-state index is -0.976. The zero-order chi connectivity index (χ0) is 15.4. The molecule has 7 heteroatoms. The lowest BCUT2D eigenvalue weighted by molar-refractivity contribution is 0.0697. The molecule has 0 saturated heterocycles. The van der Waals surface area contributed by atoms with E-state index in [2.05, 4.69) is 10.5 Å². The van der Waals surface area contributed by atoms with Gasteiger partial charge in [0.25, 0.3) is 0 Å². The van der Waals surface area contributed by atoms with Crippen LogP contribution < -0.4 is 5.43 Å². The maximum atomic E-state index is 10.7. The molecule has 21 heavy (non-hydrogen) atoms. The Morgan fingerprint density at radius 1 is 1.10 bits per heavy atom. The van der Waals surface area contributed by atoms with Crippen LogP contribution >= 0.6 is 34.8 Å². The average molecular weight is 344 g/mol. The third kappa shape index (κ3) is 4.11. The van der Waals surface area contributed by atoms with Crippen molar-refractivity contribution in [1.82, 2.24) is 0 Å². The molecule has 0 aromatic heterocycles. The lowest BCUT2D eigenvalue weighted by atomic mass is 10.1. The van der Waals surface area contributed by atoms with Crippen molar-refractivity contribution in [3.05, 3.63) is 62.6 Å². The van der Waals surface area contributed by atoms with E-state index in [1.54, 1.807) is 24.3 Å². The van der Waals surface area contributed by atoms with Crippen molar-refractivity contribution in [2.24, 2.45) is 5.10 Å². The predicted molar refractivity (Wildman–Crippen MR) is 86.1 cm³/mol. The first-order chi connectivity index (χ1) is 9.97. The molecule has 0 saturated carbocycles. The Bertz CT molecular complexity index is 677. The number of aromatic carboxylic acids is 1. The van der Waals surface area contributed by atoms with E-state index in [0.29, 0.717) is 20.8 Å². The predicted octanol–water partition coefficient (Wildman–Crippen LogP) is 4.79. The molecule has 0 amide bonds. The standard InChI is InChI=1S/C14H9Cl3N2O2/c15-10-5-11(16)13(12(17)6-10)19-18-7-8-1-3-9(4-2-8)14(20)21/h1-7,19H,(H,20,21). The zero-order valence-corrected chi connectivity index (χ0v) is 12.7. The first kappa shape index (κ1) is 15.6. The molecule has 0 atom stereocenters. The largest absolute Gasteiger partial charge is 0.478 e. The van der Waals surface area contributed by atoms with Gasteiger partial charge in [-0.15, -0.1) is 0 Å². The van der Waals surface area contributed by atoms with Gasteiger partial charge in [0.1, 0.15) is 0 Å². The summed E-state index contributed by atoms with van der Waals surface area (Å²) in [5.74, 6) is -0.976. The number of carboxylic acids is 1. The number of carboxylic acid groups (broad SMARTS) is 1. The van der Waals surface area contributed by atoms with Crippen molar-refractivity contribution in [3.63, 3.8) is 0 Å². The summed E-state index contributed by atoms with van der Waals surface area (Å²) in [6.45, 7) is 0. The number of hydrogen-bond acceptors (Lipinski definition) is 3. The van der Waals surface area contributed by atoms with Crippen LogP contribution in [0, 0.1) is 0 Å². The smallest absolute Gasteiger partial charge is 0.335 e. The van der Waals surface area contributed by atoms with Crippen LogP contribution in [0.3, 0.4) is 0 Å². The monoisotopic (exact) mass is 342 g/mol. The Labute approximate surface area is 135 Å². The summed E-state index contributed by atoms with van der Waals surface area (Å²) in [5, 5.41) is 13.9. The number of hydrazone groups is 1. The van der Waals surface area contributed by atoms with Crippen LogP contribution in [-0.2, 0) is 0 Å². The fourth-order valence-corrected chi connectivity index (χ4v) is 2.43. The van der Waals surface area contributed by atoms with Gasteiger partial charge in [0.15, 0.2) is 0 Å². The van der Waals surface area contributed by atoms with Crippen LogP contribution in [0.25, 0.3) is 0 Å². The topological polar surface area (TPSA) is 61.7 Å². The summed E-state index contributed by atoms with van der Waals surface area (Å²) in [6.07, 6.45) is 1.52. The minimum Gasteiger partial charge on any atom is -0.478 e. The van der Waals surface area contributed by atoms with E-state index in [0.717, 1.165) is 5.56 Å². The van der Waals surface area contributed by atoms with Gasteiger partial charge >= 0.3 is 5.97 Å². The molecular weight excluding hydrogens is 335 g/mol. The Kier molecular flexibility index (Phi) is 5.07. The highest BCUT2D eigenvalue weighted by Crippen LogP contribution is 2.33. The van der Waals surface area contributed by atoms with E-state index < -0.39 is 5.97 Å². The molecule has 2 N–H and O–H groups in total. The van der Waals surface area contributed by atoms with Crippen molar-refractivity contribution in [2.75, 3.05) is 5.43 Å². The highest BCUT2D eigenvalue weighted by Gasteiger charge is 2.06. The lowest BCUT2D eigenvalue weighted by Gasteiger charge is -2.06. The van der Waals surface area contributed by atoms with Crippen molar-refractivity contribution in [3.8, 4) is 0 Å². The van der Waals surface area contributed by atoms with Gasteiger partial charge in [0.2, 0.25) is 0 Å². The molecule has 0 aliphatic carbocycles. The Hall–Kier alpha value is -1.75. The summed E-state index contributed by atoms with van der Waals surface area (Å²) >= 11 is 17.8. The summed E-state index contributed by atoms with van der Waals surface area (Å²) in [6, 6.07) is 9.36. The van der Waals surface area contributed by atoms with Crippen molar-refractivity contribution >= 4 is 52.7 Å². The van der Waals surface area contributed by atoms with E-state index >= 15 is 0 Å². The van der Waals surface area contributed by atoms with Crippen LogP contribution in [0.1, 0.15) is 15.9 Å². The van der Waals surface area contributed by atoms with Gasteiger partial charge in [-0.1, -0.05) is 46.9 Å². The maximum Gasteiger partial charge on any atom is 0.335 e. The molecule has 0 unspecified atom stereocenters. The number of nitrogens with one attached hydrogen (secondary N) is 1. The van der Waals surface area contributed by atoms with Crippen molar-refractivity contribution < 1.29 is 9.90 Å². The first-order valence-corrected chi connectivity index (χ1v) is 6.88. The second kappa shape index (κ2) is 6.80. The number of rotatable bonds is 4. The van der Waals surface area contributed by atoms with Gasteiger partial charge < -0.3 is 5.11 Å². The van der Waals surface area contributed by atoms with Crippen molar-refractivity contribution in [2.45, 2.75) is 0 Å². The van der Waals surface area contributed by atoms with Crippen LogP contribution in [0.2, 0.25) is 15.1 Å². The average Bonchev–Trinajstić information content (AvgIpc) is 2.42. The van der Waals surface area contributed by atoms with Crippen LogP contribution in [0.5, 0.6) is 0 Å². The van der Waals surface area contributed by atoms with Gasteiger partial charge in [0.05, 0.1) is 27.5 Å². The summed E-state index contributed by atoms with van der Waals surface area (Å²) in [4.78, 5) is 10.7. The second-order valence-electron chi connectivity index (χ2n) is 4.04. The summed E-state index contributed by atoms with van der Waals surface area (Å²) in [7, 11) is 0. The molecule has 0 bridgehead atoms. The highest BCUT2D eigenvalue weighted by molar-refractivity contribution is 6.41. The minimum absolute atomic E-state index is 0.212. The maximum absolute atomic E-state index is 10.7. The fraction of sp³-hybridized carbons (Fsp3) is 0. The zero-order valence-electron chi connectivity index (χ0n) is 10.5. The fourth-order valence-electron chi connectivity index (χ4n) is 1.53. The number of hydrogen-bond donors (Lipinski definition) is 2. The third-order valence-electron chi connectivity index (χ3n) is 2.55. The Balaban J connectivity index is 2.11. The number of anilines is 1. The first-order valence-electron chi connectivity index (χ1n) is 5.74. The SMILES string of the molecule is O=C(O)c1ccc(C=NNc2c(Cl)cc(Cl)cc2Cl)cc1. The number of halogens is 3. The van der Waals surface area contributed by atoms with E-state index in [4.69, 9.17) is 39.9 Å². The molecule has 0 aliphatic rings. The van der Waals surface area contributed by atoms with Crippen LogP contribution in [0.4, 0.5) is 5.69 Å². The second-order valence-corrected chi connectivity index (χ2v) is 5.29. The van der Waals surface area contributed by atoms with Gasteiger partial charge in [-0.05, 0) is 29.8 Å². The van der Waals surface area contributed by atoms with E-state index in [1.807, 2.05) is 0 Å². The molecular formula is C14H9Cl3N2O2. The van der Waals surface area contributed by atoms with Gasteiger partial charge in [-0.25, -0.2) is 4.79 Å². The molecule has 0 heterocycles. The van der Waals surface area contributed by atoms with Crippen LogP contribution in [0.15, 0.2) is 41.5 Å². The summed E-state index contributed by atoms with van der Waals surface area (Å²) in [5.41, 5.74) is 4.11. The molecule has 0 spiro atoms. The molecule has 2 rings (SSSR count). The molecule has 4 nitrogen and oxygen atoms in total.